The Labute approximate surface area is 205 Å². The van der Waals surface area contributed by atoms with Gasteiger partial charge in [0.05, 0.1) is 11.5 Å². The van der Waals surface area contributed by atoms with Crippen LogP contribution in [0.5, 0.6) is 0 Å². The fourth-order valence-corrected chi connectivity index (χ4v) is 4.70. The zero-order chi connectivity index (χ0) is 25.2. The molecule has 0 heterocycles. The summed E-state index contributed by atoms with van der Waals surface area (Å²) in [4.78, 5) is 36.7. The third kappa shape index (κ3) is 5.65. The predicted octanol–water partition coefficient (Wildman–Crippen LogP) is 3.55. The minimum Gasteiger partial charge on any atom is -0.481 e. The van der Waals surface area contributed by atoms with Gasteiger partial charge in [0, 0.05) is 26.0 Å². The molecule has 0 spiro atoms. The molecule has 3 atom stereocenters. The van der Waals surface area contributed by atoms with Crippen LogP contribution in [0.4, 0.5) is 4.79 Å². The fraction of sp³-hybridized carbons (Fsp3) is 0.444. The van der Waals surface area contributed by atoms with Gasteiger partial charge in [-0.2, -0.15) is 0 Å². The SMILES string of the molecule is COC(C)(C)CC(NC(=O)OCC1c2ccccc2-c2ccccc21)C(=O)NC[C@H]1C[C@H]1C(=O)O. The molecule has 2 aliphatic rings. The maximum absolute atomic E-state index is 12.9. The van der Waals surface area contributed by atoms with Crippen molar-refractivity contribution in [2.24, 2.45) is 11.8 Å². The molecular weight excluding hydrogens is 448 g/mol. The van der Waals surface area contributed by atoms with E-state index in [0.29, 0.717) is 6.42 Å². The van der Waals surface area contributed by atoms with E-state index in [-0.39, 0.29) is 37.3 Å². The Kier molecular flexibility index (Phi) is 7.12. The Balaban J connectivity index is 1.39. The highest BCUT2D eigenvalue weighted by Crippen LogP contribution is 2.44. The average molecular weight is 481 g/mol. The molecule has 1 fully saturated rings. The quantitative estimate of drug-likeness (QED) is 0.479. The lowest BCUT2D eigenvalue weighted by Gasteiger charge is -2.28. The minimum atomic E-state index is -0.886. The monoisotopic (exact) mass is 480 g/mol. The first kappa shape index (κ1) is 24.7. The van der Waals surface area contributed by atoms with E-state index in [2.05, 4.69) is 22.8 Å². The van der Waals surface area contributed by atoms with Crippen molar-refractivity contribution in [1.29, 1.82) is 0 Å². The van der Waals surface area contributed by atoms with Crippen LogP contribution < -0.4 is 10.6 Å². The van der Waals surface area contributed by atoms with Crippen molar-refractivity contribution in [3.63, 3.8) is 0 Å². The third-order valence-electron chi connectivity index (χ3n) is 6.98. The van der Waals surface area contributed by atoms with Gasteiger partial charge in [-0.15, -0.1) is 0 Å². The van der Waals surface area contributed by atoms with E-state index in [1.165, 1.54) is 0 Å². The Hall–Kier alpha value is -3.39. The molecular formula is C27H32N2O6. The van der Waals surface area contributed by atoms with Crippen molar-refractivity contribution in [3.8, 4) is 11.1 Å². The third-order valence-corrected chi connectivity index (χ3v) is 6.98. The van der Waals surface area contributed by atoms with Gasteiger partial charge >= 0.3 is 12.1 Å². The number of amides is 2. The molecule has 1 unspecified atom stereocenters. The summed E-state index contributed by atoms with van der Waals surface area (Å²) in [7, 11) is 1.55. The fourth-order valence-electron chi connectivity index (χ4n) is 4.70. The number of hydrogen-bond acceptors (Lipinski definition) is 5. The lowest BCUT2D eigenvalue weighted by atomic mass is 9.98. The van der Waals surface area contributed by atoms with E-state index in [1.807, 2.05) is 50.2 Å². The van der Waals surface area contributed by atoms with Crippen LogP contribution in [0.25, 0.3) is 11.1 Å². The normalized spacial score (nSPS) is 19.3. The summed E-state index contributed by atoms with van der Waals surface area (Å²) in [5.74, 6) is -1.82. The summed E-state index contributed by atoms with van der Waals surface area (Å²) in [6.45, 7) is 4.05. The zero-order valence-electron chi connectivity index (χ0n) is 20.2. The number of nitrogens with one attached hydrogen (secondary N) is 2. The number of methoxy groups -OCH3 is 1. The van der Waals surface area contributed by atoms with Gasteiger partial charge < -0.3 is 25.2 Å². The molecule has 2 amide bonds. The van der Waals surface area contributed by atoms with Crippen molar-refractivity contribution in [1.82, 2.24) is 10.6 Å². The van der Waals surface area contributed by atoms with E-state index >= 15 is 0 Å². The van der Waals surface area contributed by atoms with Gasteiger partial charge in [0.1, 0.15) is 12.6 Å². The van der Waals surface area contributed by atoms with Crippen LogP contribution >= 0.6 is 0 Å². The number of carbonyl (C=O) groups is 3. The van der Waals surface area contributed by atoms with Gasteiger partial charge in [-0.05, 0) is 48.4 Å². The molecule has 3 N–H and O–H groups in total. The topological polar surface area (TPSA) is 114 Å². The van der Waals surface area contributed by atoms with Crippen LogP contribution in [0.2, 0.25) is 0 Å². The number of alkyl carbamates (subject to hydrolysis) is 1. The highest BCUT2D eigenvalue weighted by Gasteiger charge is 2.43. The molecule has 35 heavy (non-hydrogen) atoms. The first-order valence-electron chi connectivity index (χ1n) is 11.9. The number of carbonyl (C=O) groups excluding carboxylic acids is 2. The summed E-state index contributed by atoms with van der Waals surface area (Å²) in [6.07, 6.45) is 0.0877. The van der Waals surface area contributed by atoms with Gasteiger partial charge in [0.15, 0.2) is 0 Å². The first-order chi connectivity index (χ1) is 16.7. The lowest BCUT2D eigenvalue weighted by molar-refractivity contribution is -0.139. The van der Waals surface area contributed by atoms with E-state index in [4.69, 9.17) is 14.6 Å². The van der Waals surface area contributed by atoms with Crippen LogP contribution in [-0.2, 0) is 19.1 Å². The highest BCUT2D eigenvalue weighted by atomic mass is 16.5. The average Bonchev–Trinajstić information content (AvgIpc) is 3.56. The number of aliphatic carboxylic acids is 1. The molecule has 0 aromatic heterocycles. The van der Waals surface area contributed by atoms with Gasteiger partial charge in [0.2, 0.25) is 5.91 Å². The number of carboxylic acids is 1. The number of hydrogen-bond donors (Lipinski definition) is 3. The maximum Gasteiger partial charge on any atom is 0.407 e. The maximum atomic E-state index is 12.9. The summed E-state index contributed by atoms with van der Waals surface area (Å²) >= 11 is 0. The van der Waals surface area contributed by atoms with Gasteiger partial charge in [-0.1, -0.05) is 48.5 Å². The second kappa shape index (κ2) is 10.1. The standard InChI is InChI=1S/C27H32N2O6/c1-27(2,34-3)13-23(24(30)28-14-16-12-21(16)25(31)32)29-26(33)35-15-22-19-10-6-4-8-17(19)18-9-5-7-11-20(18)22/h4-11,16,21-23H,12-15H2,1-3H3,(H,28,30)(H,29,33)(H,31,32)/t16-,21-,23?/m1/s1. The smallest absolute Gasteiger partial charge is 0.407 e. The number of ether oxygens (including phenoxy) is 2. The van der Waals surface area contributed by atoms with Gasteiger partial charge in [0.25, 0.3) is 0 Å². The predicted molar refractivity (Wildman–Crippen MR) is 130 cm³/mol. The van der Waals surface area contributed by atoms with Crippen LogP contribution in [-0.4, -0.2) is 55.0 Å². The van der Waals surface area contributed by atoms with Crippen molar-refractivity contribution < 1.29 is 29.0 Å². The number of benzene rings is 2. The minimum absolute atomic E-state index is 0.0815. The van der Waals surface area contributed by atoms with Crippen molar-refractivity contribution >= 4 is 18.0 Å². The Morgan fingerprint density at radius 2 is 1.66 bits per heavy atom. The second-order valence-electron chi connectivity index (χ2n) is 9.88. The molecule has 186 valence electrons. The Morgan fingerprint density at radius 1 is 1.06 bits per heavy atom. The van der Waals surface area contributed by atoms with Crippen molar-refractivity contribution in [2.45, 2.75) is 44.2 Å². The van der Waals surface area contributed by atoms with Crippen molar-refractivity contribution in [2.75, 3.05) is 20.3 Å². The molecule has 8 heteroatoms. The van der Waals surface area contributed by atoms with Crippen LogP contribution in [0.15, 0.2) is 48.5 Å². The van der Waals surface area contributed by atoms with E-state index in [1.54, 1.807) is 7.11 Å². The van der Waals surface area contributed by atoms with Gasteiger partial charge in [-0.3, -0.25) is 9.59 Å². The van der Waals surface area contributed by atoms with Crippen molar-refractivity contribution in [3.05, 3.63) is 59.7 Å². The lowest BCUT2D eigenvalue weighted by Crippen LogP contribution is -2.50. The van der Waals surface area contributed by atoms with E-state index < -0.39 is 29.6 Å². The molecule has 4 rings (SSSR count). The summed E-state index contributed by atoms with van der Waals surface area (Å²) < 4.78 is 11.1. The molecule has 8 nitrogen and oxygen atoms in total. The van der Waals surface area contributed by atoms with E-state index in [9.17, 15) is 14.4 Å². The van der Waals surface area contributed by atoms with E-state index in [0.717, 1.165) is 22.3 Å². The summed E-state index contributed by atoms with van der Waals surface area (Å²) in [5, 5.41) is 14.5. The molecule has 0 bridgehead atoms. The Morgan fingerprint density at radius 3 is 2.20 bits per heavy atom. The van der Waals surface area contributed by atoms with Crippen LogP contribution in [0, 0.1) is 11.8 Å². The molecule has 2 aliphatic carbocycles. The number of fused-ring (bicyclic) bond motifs is 3. The zero-order valence-corrected chi connectivity index (χ0v) is 20.2. The highest BCUT2D eigenvalue weighted by molar-refractivity contribution is 5.86. The number of rotatable bonds is 10. The summed E-state index contributed by atoms with van der Waals surface area (Å²) in [5.41, 5.74) is 3.82. The molecule has 0 radical (unpaired) electrons. The largest absolute Gasteiger partial charge is 0.481 e. The molecule has 1 saturated carbocycles. The number of carboxylic acid groups (broad SMARTS) is 1. The molecule has 0 aliphatic heterocycles. The van der Waals surface area contributed by atoms with Crippen LogP contribution in [0.3, 0.4) is 0 Å². The molecule has 2 aromatic rings. The molecule has 2 aromatic carbocycles. The summed E-state index contributed by atoms with van der Waals surface area (Å²) in [6, 6.07) is 15.3. The van der Waals surface area contributed by atoms with Gasteiger partial charge in [-0.25, -0.2) is 4.79 Å². The molecule has 0 saturated heterocycles. The Bertz CT molecular complexity index is 1070. The second-order valence-corrected chi connectivity index (χ2v) is 9.88. The van der Waals surface area contributed by atoms with Crippen LogP contribution in [0.1, 0.15) is 43.7 Å². The first-order valence-corrected chi connectivity index (χ1v) is 11.9.